The Kier molecular flexibility index (Phi) is 6.63. The summed E-state index contributed by atoms with van der Waals surface area (Å²) in [5.41, 5.74) is 5.33. The van der Waals surface area contributed by atoms with Gasteiger partial charge in [-0.3, -0.25) is 0 Å². The number of likely N-dealkylation sites (N-methyl/N-ethyl adjacent to an activating group) is 1. The number of hydrogen-bond donors (Lipinski definition) is 1. The number of aromatic nitrogens is 3. The van der Waals surface area contributed by atoms with E-state index in [-0.39, 0.29) is 12.1 Å². The number of hydrogen-bond acceptors (Lipinski definition) is 6. The van der Waals surface area contributed by atoms with Crippen LogP contribution >= 0.6 is 0 Å². The molecule has 1 N–H and O–H groups in total. The van der Waals surface area contributed by atoms with E-state index in [9.17, 15) is 9.90 Å². The zero-order valence-corrected chi connectivity index (χ0v) is 23.8. The summed E-state index contributed by atoms with van der Waals surface area (Å²) in [5.74, 6) is -0.227. The average Bonchev–Trinajstić information content (AvgIpc) is 3.45. The topological polar surface area (TPSA) is 83.2 Å². The summed E-state index contributed by atoms with van der Waals surface area (Å²) in [5, 5.41) is 15.5. The van der Waals surface area contributed by atoms with Crippen molar-refractivity contribution in [3.05, 3.63) is 71.9 Å². The third-order valence-corrected chi connectivity index (χ3v) is 7.94. The lowest BCUT2D eigenvalue weighted by Crippen LogP contribution is -2.53. The van der Waals surface area contributed by atoms with Crippen molar-refractivity contribution in [2.75, 3.05) is 25.0 Å². The molecular weight excluding hydrogens is 502 g/mol. The summed E-state index contributed by atoms with van der Waals surface area (Å²) in [6, 6.07) is 21.2. The van der Waals surface area contributed by atoms with Gasteiger partial charge >= 0.3 is 5.97 Å². The lowest BCUT2D eigenvalue weighted by atomic mass is 10.0. The van der Waals surface area contributed by atoms with Gasteiger partial charge in [-0.05, 0) is 64.8 Å². The van der Waals surface area contributed by atoms with E-state index >= 15 is 0 Å². The number of fused-ring (bicyclic) bond motifs is 3. The number of carboxylic acid groups (broad SMARTS) is 1. The van der Waals surface area contributed by atoms with Gasteiger partial charge in [-0.2, -0.15) is 9.61 Å². The molecule has 2 aliphatic rings. The van der Waals surface area contributed by atoms with Gasteiger partial charge in [-0.15, -0.1) is 0 Å². The van der Waals surface area contributed by atoms with Crippen molar-refractivity contribution in [3.63, 3.8) is 0 Å². The Bertz CT molecular complexity index is 1540. The van der Waals surface area contributed by atoms with Gasteiger partial charge in [-0.1, -0.05) is 48.5 Å². The minimum Gasteiger partial charge on any atom is -0.479 e. The first-order chi connectivity index (χ1) is 19.1. The minimum atomic E-state index is -1.17. The molecular formula is C32H37N5O3. The van der Waals surface area contributed by atoms with Crippen molar-refractivity contribution >= 4 is 17.4 Å². The van der Waals surface area contributed by atoms with Crippen LogP contribution in [0.5, 0.6) is 0 Å². The van der Waals surface area contributed by atoms with Crippen molar-refractivity contribution < 1.29 is 14.6 Å². The highest BCUT2D eigenvalue weighted by Crippen LogP contribution is 2.42. The number of likely N-dealkylation sites (tertiary alicyclic amines) is 1. The molecule has 2 aromatic carbocycles. The van der Waals surface area contributed by atoms with Gasteiger partial charge in [0.2, 0.25) is 0 Å². The maximum absolute atomic E-state index is 12.7. The van der Waals surface area contributed by atoms with Gasteiger partial charge < -0.3 is 19.6 Å². The standard InChI is InChI=1S/C32H37N5O3/c1-20-28(29(31(38)39)40-32(2,3)4)30(36-24-14-15-25(36)19-35(5)18-24)37-27(33-20)17-26(34-37)23-13-9-12-22(16-23)21-10-7-6-8-11-21/h6-13,16-17,24-25,29H,14-15,18-19H2,1-5H3,(H,38,39)/t24?,25?,29-/m0/s1. The molecule has 3 atom stereocenters. The number of carbonyl (C=O) groups is 1. The van der Waals surface area contributed by atoms with Crippen LogP contribution in [0.1, 0.15) is 51.0 Å². The smallest absolute Gasteiger partial charge is 0.337 e. The van der Waals surface area contributed by atoms with Crippen LogP contribution in [0.2, 0.25) is 0 Å². The zero-order chi connectivity index (χ0) is 28.2. The number of aliphatic carboxylic acids is 1. The maximum Gasteiger partial charge on any atom is 0.337 e. The van der Waals surface area contributed by atoms with E-state index in [4.69, 9.17) is 14.8 Å². The van der Waals surface area contributed by atoms with E-state index in [1.165, 1.54) is 0 Å². The molecule has 0 spiro atoms. The van der Waals surface area contributed by atoms with E-state index in [2.05, 4.69) is 47.2 Å². The number of anilines is 1. The molecule has 2 aromatic heterocycles. The predicted molar refractivity (Wildman–Crippen MR) is 157 cm³/mol. The molecule has 40 heavy (non-hydrogen) atoms. The SMILES string of the molecule is Cc1nc2cc(-c3cccc(-c4ccccc4)c3)nn2c(N2C3CCC2CN(C)C3)c1[C@H](OC(C)(C)C)C(=O)O. The molecule has 4 aromatic rings. The molecule has 2 unspecified atom stereocenters. The molecule has 2 fully saturated rings. The van der Waals surface area contributed by atoms with Crippen molar-refractivity contribution in [1.82, 2.24) is 19.5 Å². The maximum atomic E-state index is 12.7. The van der Waals surface area contributed by atoms with E-state index in [0.29, 0.717) is 16.9 Å². The molecule has 4 heterocycles. The number of benzene rings is 2. The highest BCUT2D eigenvalue weighted by Gasteiger charge is 2.44. The Morgan fingerprint density at radius 1 is 0.975 bits per heavy atom. The summed E-state index contributed by atoms with van der Waals surface area (Å²) in [6.45, 7) is 9.38. The molecule has 8 nitrogen and oxygen atoms in total. The first-order valence-corrected chi connectivity index (χ1v) is 14.0. The summed E-state index contributed by atoms with van der Waals surface area (Å²) >= 11 is 0. The molecule has 0 saturated carbocycles. The fourth-order valence-corrected chi connectivity index (χ4v) is 6.35. The van der Waals surface area contributed by atoms with Crippen LogP contribution in [-0.4, -0.2) is 68.4 Å². The van der Waals surface area contributed by atoms with Crippen molar-refractivity contribution in [1.29, 1.82) is 0 Å². The highest BCUT2D eigenvalue weighted by atomic mass is 16.5. The van der Waals surface area contributed by atoms with Gasteiger partial charge in [0.25, 0.3) is 0 Å². The Balaban J connectivity index is 1.55. The molecule has 2 saturated heterocycles. The quantitative estimate of drug-likeness (QED) is 0.342. The van der Waals surface area contributed by atoms with Crippen LogP contribution in [0.15, 0.2) is 60.7 Å². The summed E-state index contributed by atoms with van der Waals surface area (Å²) in [4.78, 5) is 22.4. The summed E-state index contributed by atoms with van der Waals surface area (Å²) in [6.07, 6.45) is 0.949. The first kappa shape index (κ1) is 26.5. The third-order valence-electron chi connectivity index (χ3n) is 7.94. The summed E-state index contributed by atoms with van der Waals surface area (Å²) < 4.78 is 8.06. The van der Waals surface area contributed by atoms with Crippen LogP contribution in [-0.2, 0) is 9.53 Å². The zero-order valence-electron chi connectivity index (χ0n) is 23.8. The fraction of sp³-hybridized carbons (Fsp3) is 0.406. The van der Waals surface area contributed by atoms with Crippen LogP contribution in [0.4, 0.5) is 5.82 Å². The fourth-order valence-electron chi connectivity index (χ4n) is 6.35. The molecule has 6 rings (SSSR count). The predicted octanol–water partition coefficient (Wildman–Crippen LogP) is 5.60. The number of rotatable bonds is 6. The Morgan fingerprint density at radius 2 is 1.62 bits per heavy atom. The van der Waals surface area contributed by atoms with Crippen LogP contribution in [0.3, 0.4) is 0 Å². The van der Waals surface area contributed by atoms with Crippen LogP contribution in [0.25, 0.3) is 28.0 Å². The van der Waals surface area contributed by atoms with E-state index in [1.54, 1.807) is 0 Å². The monoisotopic (exact) mass is 539 g/mol. The van der Waals surface area contributed by atoms with Crippen molar-refractivity contribution in [3.8, 4) is 22.4 Å². The number of ether oxygens (including phenoxy) is 1. The number of piperazine rings is 1. The van der Waals surface area contributed by atoms with Gasteiger partial charge in [0.15, 0.2) is 11.8 Å². The molecule has 8 heteroatoms. The lowest BCUT2D eigenvalue weighted by molar-refractivity contribution is -0.160. The van der Waals surface area contributed by atoms with Gasteiger partial charge in [-0.25, -0.2) is 9.78 Å². The summed E-state index contributed by atoms with van der Waals surface area (Å²) in [7, 11) is 2.16. The normalized spacial score (nSPS) is 20.3. The third kappa shape index (κ3) is 4.86. The van der Waals surface area contributed by atoms with Gasteiger partial charge in [0.1, 0.15) is 5.82 Å². The molecule has 0 amide bonds. The molecule has 0 radical (unpaired) electrons. The second-order valence-electron chi connectivity index (χ2n) is 12.1. The second-order valence-corrected chi connectivity index (χ2v) is 12.1. The van der Waals surface area contributed by atoms with Gasteiger partial charge in [0, 0.05) is 42.5 Å². The van der Waals surface area contributed by atoms with Crippen LogP contribution < -0.4 is 4.90 Å². The Morgan fingerprint density at radius 3 is 2.27 bits per heavy atom. The number of carboxylic acids is 1. The Hall–Kier alpha value is -3.75. The van der Waals surface area contributed by atoms with Crippen molar-refractivity contribution in [2.24, 2.45) is 0 Å². The van der Waals surface area contributed by atoms with E-state index in [0.717, 1.165) is 54.1 Å². The van der Waals surface area contributed by atoms with Gasteiger partial charge in [0.05, 0.1) is 16.9 Å². The Labute approximate surface area is 235 Å². The largest absolute Gasteiger partial charge is 0.479 e. The second kappa shape index (κ2) is 10.0. The average molecular weight is 540 g/mol. The number of nitrogens with zero attached hydrogens (tertiary/aromatic N) is 5. The minimum absolute atomic E-state index is 0.269. The first-order valence-electron chi connectivity index (χ1n) is 14.0. The molecule has 208 valence electrons. The van der Waals surface area contributed by atoms with Crippen molar-refractivity contribution in [2.45, 2.75) is 64.3 Å². The van der Waals surface area contributed by atoms with E-state index < -0.39 is 17.7 Å². The van der Waals surface area contributed by atoms with Crippen LogP contribution in [0, 0.1) is 6.92 Å². The number of aryl methyl sites for hydroxylation is 1. The molecule has 2 aliphatic heterocycles. The molecule has 2 bridgehead atoms. The van der Waals surface area contributed by atoms with E-state index in [1.807, 2.05) is 62.5 Å². The molecule has 0 aliphatic carbocycles. The lowest BCUT2D eigenvalue weighted by Gasteiger charge is -2.42. The highest BCUT2D eigenvalue weighted by molar-refractivity contribution is 5.79.